The molecule has 2 aromatic carbocycles. The van der Waals surface area contributed by atoms with Crippen molar-refractivity contribution in [3.63, 3.8) is 0 Å². The lowest BCUT2D eigenvalue weighted by atomic mass is 9.77. The highest BCUT2D eigenvalue weighted by molar-refractivity contribution is 5.60. The molecule has 0 spiro atoms. The van der Waals surface area contributed by atoms with Crippen molar-refractivity contribution < 1.29 is 9.78 Å². The second-order valence-electron chi connectivity index (χ2n) is 7.30. The predicted octanol–water partition coefficient (Wildman–Crippen LogP) is 3.02. The second-order valence-corrected chi connectivity index (χ2v) is 7.30. The van der Waals surface area contributed by atoms with E-state index in [0.29, 0.717) is 6.61 Å². The first-order valence-electron chi connectivity index (χ1n) is 9.35. The molecule has 1 fully saturated rings. The molecule has 0 amide bonds. The lowest BCUT2D eigenvalue weighted by Gasteiger charge is -2.41. The molecule has 0 saturated carbocycles. The summed E-state index contributed by atoms with van der Waals surface area (Å²) < 4.78 is 0. The lowest BCUT2D eigenvalue weighted by molar-refractivity contribution is -0.215. The van der Waals surface area contributed by atoms with Gasteiger partial charge in [-0.05, 0) is 29.7 Å². The topological polar surface area (TPSA) is 24.9 Å². The maximum Gasteiger partial charge on any atom is 0.170 e. The summed E-state index contributed by atoms with van der Waals surface area (Å²) in [5, 5.41) is 0. The van der Waals surface area contributed by atoms with Crippen LogP contribution in [0.2, 0.25) is 0 Å². The molecule has 0 bridgehead atoms. The van der Waals surface area contributed by atoms with Gasteiger partial charge in [0.1, 0.15) is 0 Å². The van der Waals surface area contributed by atoms with Gasteiger partial charge in [0.05, 0.1) is 6.61 Å². The molecule has 0 aromatic heterocycles. The van der Waals surface area contributed by atoms with Crippen LogP contribution in [0.4, 0.5) is 5.69 Å². The molecular weight excluding hydrogens is 312 g/mol. The van der Waals surface area contributed by atoms with Gasteiger partial charge in [0.25, 0.3) is 0 Å². The van der Waals surface area contributed by atoms with Crippen molar-refractivity contribution >= 4 is 5.69 Å². The van der Waals surface area contributed by atoms with Gasteiger partial charge >= 0.3 is 0 Å². The Bertz CT molecular complexity index is 768. The number of hydrogen-bond acceptors (Lipinski definition) is 4. The standard InChI is InChI=1S/C21H24N2O2/c1-2-5-18-16(4-1)14-17(18)15-22-9-11-23(12-10-22)20-6-3-7-21-19(20)8-13-24-25-21/h1-7,17H,8-15H2. The first-order chi connectivity index (χ1) is 12.4. The molecule has 1 aliphatic carbocycles. The minimum atomic E-state index is 0.644. The van der Waals surface area contributed by atoms with Crippen LogP contribution in [0, 0.1) is 0 Å². The zero-order valence-electron chi connectivity index (χ0n) is 14.5. The Morgan fingerprint density at radius 1 is 0.960 bits per heavy atom. The minimum Gasteiger partial charge on any atom is -0.369 e. The summed E-state index contributed by atoms with van der Waals surface area (Å²) in [6.07, 6.45) is 2.19. The van der Waals surface area contributed by atoms with Gasteiger partial charge in [0, 0.05) is 56.3 Å². The van der Waals surface area contributed by atoms with Gasteiger partial charge in [-0.15, -0.1) is 0 Å². The first-order valence-corrected chi connectivity index (χ1v) is 9.35. The summed E-state index contributed by atoms with van der Waals surface area (Å²) in [6.45, 7) is 6.30. The van der Waals surface area contributed by atoms with Crippen molar-refractivity contribution in [3.8, 4) is 5.75 Å². The highest BCUT2D eigenvalue weighted by Crippen LogP contribution is 2.36. The van der Waals surface area contributed by atoms with Crippen LogP contribution >= 0.6 is 0 Å². The zero-order valence-corrected chi connectivity index (χ0v) is 14.5. The molecule has 0 radical (unpaired) electrons. The van der Waals surface area contributed by atoms with Gasteiger partial charge in [0.2, 0.25) is 0 Å². The monoisotopic (exact) mass is 336 g/mol. The van der Waals surface area contributed by atoms with E-state index in [1.165, 1.54) is 24.2 Å². The van der Waals surface area contributed by atoms with E-state index >= 15 is 0 Å². The number of piperazine rings is 1. The van der Waals surface area contributed by atoms with Crippen LogP contribution in [-0.4, -0.2) is 44.2 Å². The average molecular weight is 336 g/mol. The molecule has 3 aliphatic rings. The largest absolute Gasteiger partial charge is 0.369 e. The number of fused-ring (bicyclic) bond motifs is 2. The first kappa shape index (κ1) is 15.2. The lowest BCUT2D eigenvalue weighted by Crippen LogP contribution is -2.48. The molecule has 25 heavy (non-hydrogen) atoms. The predicted molar refractivity (Wildman–Crippen MR) is 98.3 cm³/mol. The molecule has 130 valence electrons. The Labute approximate surface area is 148 Å². The van der Waals surface area contributed by atoms with Gasteiger partial charge in [-0.25, -0.2) is 0 Å². The van der Waals surface area contributed by atoms with Crippen LogP contribution in [0.15, 0.2) is 42.5 Å². The van der Waals surface area contributed by atoms with Gasteiger partial charge in [0.15, 0.2) is 5.75 Å². The molecule has 4 heteroatoms. The number of nitrogens with zero attached hydrogens (tertiary/aromatic N) is 2. The third-order valence-electron chi connectivity index (χ3n) is 5.85. The van der Waals surface area contributed by atoms with Gasteiger partial charge < -0.3 is 9.79 Å². The summed E-state index contributed by atoms with van der Waals surface area (Å²) >= 11 is 0. The SMILES string of the molecule is c1ccc2c(c1)CC2CN1CCN(c2cccc3c2CCOO3)CC1. The van der Waals surface area contributed by atoms with E-state index in [2.05, 4.69) is 46.2 Å². The normalized spacial score (nSPS) is 22.6. The Balaban J connectivity index is 1.23. The Kier molecular flexibility index (Phi) is 3.87. The molecule has 2 heterocycles. The van der Waals surface area contributed by atoms with E-state index in [1.54, 1.807) is 11.1 Å². The summed E-state index contributed by atoms with van der Waals surface area (Å²) in [6, 6.07) is 15.2. The van der Waals surface area contributed by atoms with E-state index in [9.17, 15) is 0 Å². The van der Waals surface area contributed by atoms with Crippen molar-refractivity contribution in [2.75, 3.05) is 44.2 Å². The Morgan fingerprint density at radius 2 is 1.84 bits per heavy atom. The van der Waals surface area contributed by atoms with Crippen LogP contribution in [0.1, 0.15) is 22.6 Å². The van der Waals surface area contributed by atoms with E-state index in [1.807, 2.05) is 6.07 Å². The molecular formula is C21H24N2O2. The minimum absolute atomic E-state index is 0.644. The van der Waals surface area contributed by atoms with Crippen molar-refractivity contribution in [3.05, 3.63) is 59.2 Å². The van der Waals surface area contributed by atoms with Crippen LogP contribution in [0.25, 0.3) is 0 Å². The average Bonchev–Trinajstić information content (AvgIpc) is 2.66. The summed E-state index contributed by atoms with van der Waals surface area (Å²) in [4.78, 5) is 15.6. The van der Waals surface area contributed by atoms with E-state index in [4.69, 9.17) is 9.78 Å². The fourth-order valence-corrected chi connectivity index (χ4v) is 4.44. The smallest absolute Gasteiger partial charge is 0.170 e. The molecule has 4 nitrogen and oxygen atoms in total. The van der Waals surface area contributed by atoms with Crippen molar-refractivity contribution in [1.29, 1.82) is 0 Å². The Hall–Kier alpha value is -2.04. The number of benzene rings is 2. The number of hydrogen-bond donors (Lipinski definition) is 0. The van der Waals surface area contributed by atoms with Crippen molar-refractivity contribution in [1.82, 2.24) is 4.90 Å². The maximum absolute atomic E-state index is 5.35. The van der Waals surface area contributed by atoms with Crippen LogP contribution < -0.4 is 9.79 Å². The van der Waals surface area contributed by atoms with E-state index in [-0.39, 0.29) is 0 Å². The van der Waals surface area contributed by atoms with Gasteiger partial charge in [-0.2, -0.15) is 4.89 Å². The molecule has 1 atom stereocenters. The molecule has 1 saturated heterocycles. The molecule has 0 N–H and O–H groups in total. The van der Waals surface area contributed by atoms with E-state index in [0.717, 1.165) is 44.3 Å². The third-order valence-corrected chi connectivity index (χ3v) is 5.85. The maximum atomic E-state index is 5.35. The molecule has 2 aliphatic heterocycles. The van der Waals surface area contributed by atoms with Crippen LogP contribution in [0.3, 0.4) is 0 Å². The number of rotatable bonds is 3. The van der Waals surface area contributed by atoms with E-state index < -0.39 is 0 Å². The quantitative estimate of drug-likeness (QED) is 0.805. The summed E-state index contributed by atoms with van der Waals surface area (Å²) in [7, 11) is 0. The Morgan fingerprint density at radius 3 is 2.72 bits per heavy atom. The molecule has 2 aromatic rings. The van der Waals surface area contributed by atoms with Crippen LogP contribution in [-0.2, 0) is 17.7 Å². The highest BCUT2D eigenvalue weighted by Gasteiger charge is 2.29. The molecule has 5 rings (SSSR count). The van der Waals surface area contributed by atoms with Crippen molar-refractivity contribution in [2.24, 2.45) is 0 Å². The summed E-state index contributed by atoms with van der Waals surface area (Å²) in [5.74, 6) is 1.62. The van der Waals surface area contributed by atoms with Gasteiger partial charge in [-0.1, -0.05) is 30.3 Å². The van der Waals surface area contributed by atoms with Crippen molar-refractivity contribution in [2.45, 2.75) is 18.8 Å². The fraction of sp³-hybridized carbons (Fsp3) is 0.429. The number of anilines is 1. The second kappa shape index (κ2) is 6.36. The molecule has 1 unspecified atom stereocenters. The highest BCUT2D eigenvalue weighted by atomic mass is 17.2. The van der Waals surface area contributed by atoms with Gasteiger partial charge in [-0.3, -0.25) is 4.90 Å². The zero-order chi connectivity index (χ0) is 16.6. The third kappa shape index (κ3) is 2.79. The summed E-state index contributed by atoms with van der Waals surface area (Å²) in [5.41, 5.74) is 5.74. The fourth-order valence-electron chi connectivity index (χ4n) is 4.44. The van der Waals surface area contributed by atoms with Crippen LogP contribution in [0.5, 0.6) is 5.75 Å².